The minimum absolute atomic E-state index is 0.0711. The normalized spacial score (nSPS) is 10.7. The molecule has 2 aromatic heterocycles. The molecule has 146 valence electrons. The van der Waals surface area contributed by atoms with Crippen molar-refractivity contribution in [2.24, 2.45) is 0 Å². The van der Waals surface area contributed by atoms with Crippen LogP contribution in [0.2, 0.25) is 0 Å². The maximum Gasteiger partial charge on any atom is 0.261 e. The van der Waals surface area contributed by atoms with E-state index < -0.39 is 0 Å². The van der Waals surface area contributed by atoms with Gasteiger partial charge in [0.2, 0.25) is 0 Å². The number of carbonyl (C=O) groups is 1. The van der Waals surface area contributed by atoms with Crippen LogP contribution in [-0.2, 0) is 6.54 Å². The lowest BCUT2D eigenvalue weighted by molar-refractivity contribution is 0.0955. The Bertz CT molecular complexity index is 1100. The molecule has 2 aromatic carbocycles. The Hall–Kier alpha value is -3.45. The van der Waals surface area contributed by atoms with E-state index in [1.807, 2.05) is 61.5 Å². The summed E-state index contributed by atoms with van der Waals surface area (Å²) in [4.78, 5) is 18.4. The summed E-state index contributed by atoms with van der Waals surface area (Å²) in [7, 11) is 1.65. The van der Waals surface area contributed by atoms with Crippen molar-refractivity contribution in [2.75, 3.05) is 7.11 Å². The van der Waals surface area contributed by atoms with Crippen molar-refractivity contribution in [2.45, 2.75) is 13.5 Å². The first-order valence-corrected chi connectivity index (χ1v) is 9.92. The van der Waals surface area contributed by atoms with Crippen LogP contribution < -0.4 is 10.1 Å². The molecule has 29 heavy (non-hydrogen) atoms. The standard InChI is InChI=1S/C22H20N4O2S/c1-15-20(17-5-9-19(28-2)10-6-17)11-21(29-15)22(27)24-12-16-3-7-18(8-4-16)26-14-23-13-25-26/h3-11,13-14H,12H2,1-2H3,(H,24,27). The van der Waals surface area contributed by atoms with Gasteiger partial charge in [0.15, 0.2) is 0 Å². The second-order valence-electron chi connectivity index (χ2n) is 6.50. The van der Waals surface area contributed by atoms with Gasteiger partial charge >= 0.3 is 0 Å². The second kappa shape index (κ2) is 8.28. The maximum absolute atomic E-state index is 12.6. The number of amides is 1. The molecule has 0 unspecified atom stereocenters. The van der Waals surface area contributed by atoms with Crippen molar-refractivity contribution in [3.63, 3.8) is 0 Å². The van der Waals surface area contributed by atoms with E-state index in [0.29, 0.717) is 11.4 Å². The van der Waals surface area contributed by atoms with E-state index in [1.54, 1.807) is 18.1 Å². The molecule has 0 aliphatic carbocycles. The van der Waals surface area contributed by atoms with E-state index in [4.69, 9.17) is 4.74 Å². The number of ether oxygens (including phenoxy) is 1. The van der Waals surface area contributed by atoms with Gasteiger partial charge in [-0.3, -0.25) is 4.79 Å². The first-order valence-electron chi connectivity index (χ1n) is 9.11. The summed E-state index contributed by atoms with van der Waals surface area (Å²) in [5, 5.41) is 7.10. The third kappa shape index (κ3) is 4.20. The predicted molar refractivity (Wildman–Crippen MR) is 114 cm³/mol. The van der Waals surface area contributed by atoms with Gasteiger partial charge in [-0.25, -0.2) is 9.67 Å². The molecule has 6 nitrogen and oxygen atoms in total. The highest BCUT2D eigenvalue weighted by molar-refractivity contribution is 7.14. The molecule has 0 atom stereocenters. The molecule has 0 bridgehead atoms. The van der Waals surface area contributed by atoms with Gasteiger partial charge in [-0.1, -0.05) is 24.3 Å². The number of hydrogen-bond donors (Lipinski definition) is 1. The molecule has 0 saturated heterocycles. The number of methoxy groups -OCH3 is 1. The van der Waals surface area contributed by atoms with Crippen molar-refractivity contribution < 1.29 is 9.53 Å². The highest BCUT2D eigenvalue weighted by Gasteiger charge is 2.13. The first-order chi connectivity index (χ1) is 14.1. The highest BCUT2D eigenvalue weighted by atomic mass is 32.1. The summed E-state index contributed by atoms with van der Waals surface area (Å²) in [6.45, 7) is 2.50. The van der Waals surface area contributed by atoms with Crippen LogP contribution in [0.15, 0.2) is 67.3 Å². The quantitative estimate of drug-likeness (QED) is 0.522. The molecule has 0 saturated carbocycles. The second-order valence-corrected chi connectivity index (χ2v) is 7.75. The lowest BCUT2D eigenvalue weighted by atomic mass is 10.1. The van der Waals surface area contributed by atoms with Crippen LogP contribution >= 0.6 is 11.3 Å². The molecule has 0 spiro atoms. The molecule has 4 rings (SSSR count). The van der Waals surface area contributed by atoms with Crippen LogP contribution in [0.1, 0.15) is 20.1 Å². The minimum atomic E-state index is -0.0711. The molecule has 2 heterocycles. The van der Waals surface area contributed by atoms with Crippen LogP contribution in [0.4, 0.5) is 0 Å². The smallest absolute Gasteiger partial charge is 0.261 e. The zero-order valence-corrected chi connectivity index (χ0v) is 16.9. The predicted octanol–water partition coefficient (Wildman–Crippen LogP) is 4.24. The van der Waals surface area contributed by atoms with Gasteiger partial charge in [0.1, 0.15) is 18.4 Å². The molecule has 1 N–H and O–H groups in total. The zero-order valence-electron chi connectivity index (χ0n) is 16.1. The van der Waals surface area contributed by atoms with Crippen molar-refractivity contribution in [3.8, 4) is 22.6 Å². The zero-order chi connectivity index (χ0) is 20.2. The summed E-state index contributed by atoms with van der Waals surface area (Å²) in [5.74, 6) is 0.743. The summed E-state index contributed by atoms with van der Waals surface area (Å²) >= 11 is 1.50. The number of rotatable bonds is 6. The van der Waals surface area contributed by atoms with Gasteiger partial charge in [-0.05, 0) is 53.9 Å². The number of aryl methyl sites for hydroxylation is 1. The SMILES string of the molecule is COc1ccc(-c2cc(C(=O)NCc3ccc(-n4cncn4)cc3)sc2C)cc1. The Morgan fingerprint density at radius 1 is 1.14 bits per heavy atom. The fourth-order valence-corrected chi connectivity index (χ4v) is 3.99. The Labute approximate surface area is 172 Å². The number of benzene rings is 2. The molecule has 0 radical (unpaired) electrons. The number of nitrogens with one attached hydrogen (secondary N) is 1. The summed E-state index contributed by atoms with van der Waals surface area (Å²) < 4.78 is 6.90. The number of nitrogens with zero attached hydrogens (tertiary/aromatic N) is 3. The van der Waals surface area contributed by atoms with Crippen molar-refractivity contribution in [1.29, 1.82) is 0 Å². The van der Waals surface area contributed by atoms with E-state index in [1.165, 1.54) is 17.7 Å². The van der Waals surface area contributed by atoms with Crippen LogP contribution in [0.25, 0.3) is 16.8 Å². The van der Waals surface area contributed by atoms with Crippen molar-refractivity contribution >= 4 is 17.2 Å². The molecular weight excluding hydrogens is 384 g/mol. The molecule has 0 fully saturated rings. The molecule has 7 heteroatoms. The molecule has 0 aliphatic rings. The van der Waals surface area contributed by atoms with Gasteiger partial charge in [0, 0.05) is 11.4 Å². The molecule has 0 aliphatic heterocycles. The van der Waals surface area contributed by atoms with Crippen molar-refractivity contribution in [1.82, 2.24) is 20.1 Å². The van der Waals surface area contributed by atoms with Gasteiger partial charge in [-0.15, -0.1) is 11.3 Å². The lowest BCUT2D eigenvalue weighted by Gasteiger charge is -2.05. The number of thiophene rings is 1. The van der Waals surface area contributed by atoms with Gasteiger partial charge in [-0.2, -0.15) is 5.10 Å². The minimum Gasteiger partial charge on any atom is -0.497 e. The van der Waals surface area contributed by atoms with Gasteiger partial charge < -0.3 is 10.1 Å². The molecular formula is C22H20N4O2S. The summed E-state index contributed by atoms with van der Waals surface area (Å²) in [6.07, 6.45) is 3.15. The van der Waals surface area contributed by atoms with Crippen LogP contribution in [-0.4, -0.2) is 27.8 Å². The van der Waals surface area contributed by atoms with Gasteiger partial charge in [0.25, 0.3) is 5.91 Å². The van der Waals surface area contributed by atoms with E-state index >= 15 is 0 Å². The Morgan fingerprint density at radius 2 is 1.90 bits per heavy atom. The van der Waals surface area contributed by atoms with Crippen molar-refractivity contribution in [3.05, 3.63) is 82.6 Å². The highest BCUT2D eigenvalue weighted by Crippen LogP contribution is 2.32. The van der Waals surface area contributed by atoms with E-state index in [9.17, 15) is 4.79 Å². The average Bonchev–Trinajstić information content (AvgIpc) is 3.43. The third-order valence-corrected chi connectivity index (χ3v) is 5.66. The van der Waals surface area contributed by atoms with E-state index in [2.05, 4.69) is 15.4 Å². The maximum atomic E-state index is 12.6. The number of aromatic nitrogens is 3. The Kier molecular flexibility index (Phi) is 5.39. The fourth-order valence-electron chi connectivity index (χ4n) is 3.03. The van der Waals surface area contributed by atoms with Crippen LogP contribution in [0.5, 0.6) is 5.75 Å². The monoisotopic (exact) mass is 404 g/mol. The van der Waals surface area contributed by atoms with E-state index in [-0.39, 0.29) is 5.91 Å². The van der Waals surface area contributed by atoms with Crippen LogP contribution in [0.3, 0.4) is 0 Å². The summed E-state index contributed by atoms with van der Waals surface area (Å²) in [6, 6.07) is 17.7. The van der Waals surface area contributed by atoms with Crippen LogP contribution in [0, 0.1) is 6.92 Å². The molecule has 4 aromatic rings. The Morgan fingerprint density at radius 3 is 2.55 bits per heavy atom. The van der Waals surface area contributed by atoms with Gasteiger partial charge in [0.05, 0.1) is 17.7 Å². The third-order valence-electron chi connectivity index (χ3n) is 4.62. The number of carbonyl (C=O) groups excluding carboxylic acids is 1. The summed E-state index contributed by atoms with van der Waals surface area (Å²) in [5.41, 5.74) is 4.09. The average molecular weight is 404 g/mol. The Balaban J connectivity index is 1.42. The first kappa shape index (κ1) is 18.9. The molecule has 1 amide bonds. The fraction of sp³-hybridized carbons (Fsp3) is 0.136. The lowest BCUT2D eigenvalue weighted by Crippen LogP contribution is -2.21. The largest absolute Gasteiger partial charge is 0.497 e. The topological polar surface area (TPSA) is 69.0 Å². The number of hydrogen-bond acceptors (Lipinski definition) is 5. The van der Waals surface area contributed by atoms with E-state index in [0.717, 1.165) is 33.0 Å².